The monoisotopic (exact) mass is 393 g/mol. The number of benzene rings is 2. The van der Waals surface area contributed by atoms with E-state index in [0.717, 1.165) is 57.9 Å². The number of carbonyl (C=O) groups is 1. The molecule has 1 amide bonds. The number of amides is 1. The van der Waals surface area contributed by atoms with E-state index in [1.54, 1.807) is 0 Å². The summed E-state index contributed by atoms with van der Waals surface area (Å²) in [6, 6.07) is 18.5. The van der Waals surface area contributed by atoms with Crippen LogP contribution in [0.4, 0.5) is 5.69 Å². The predicted octanol–water partition coefficient (Wildman–Crippen LogP) is 3.16. The van der Waals surface area contributed by atoms with Crippen molar-refractivity contribution in [1.82, 2.24) is 10.2 Å². The molecule has 154 valence electrons. The zero-order valence-electron chi connectivity index (χ0n) is 17.2. The molecule has 0 unspecified atom stereocenters. The fourth-order valence-electron chi connectivity index (χ4n) is 4.27. The zero-order chi connectivity index (χ0) is 20.1. The number of nitrogens with zero attached hydrogens (tertiary/aromatic N) is 2. The molecule has 5 nitrogen and oxygen atoms in total. The van der Waals surface area contributed by atoms with Gasteiger partial charge in [-0.15, -0.1) is 0 Å². The molecular weight excluding hydrogens is 362 g/mol. The maximum atomic E-state index is 12.5. The SMILES string of the molecule is C[C@H]1CN(Cc2ccc(C(=O)NC[C@@H]3CCN(c4ccccc4)C3)cc2)CCO1. The molecule has 0 spiro atoms. The summed E-state index contributed by atoms with van der Waals surface area (Å²) in [5, 5.41) is 3.13. The summed E-state index contributed by atoms with van der Waals surface area (Å²) in [5.41, 5.74) is 3.25. The quantitative estimate of drug-likeness (QED) is 0.819. The van der Waals surface area contributed by atoms with Crippen LogP contribution in [-0.2, 0) is 11.3 Å². The molecule has 1 N–H and O–H groups in total. The van der Waals surface area contributed by atoms with Gasteiger partial charge in [0.1, 0.15) is 0 Å². The highest BCUT2D eigenvalue weighted by Gasteiger charge is 2.23. The third-order valence-corrected chi connectivity index (χ3v) is 5.91. The number of carbonyl (C=O) groups excluding carboxylic acids is 1. The molecular formula is C24H31N3O2. The van der Waals surface area contributed by atoms with Crippen molar-refractivity contribution < 1.29 is 9.53 Å². The summed E-state index contributed by atoms with van der Waals surface area (Å²) in [7, 11) is 0. The largest absolute Gasteiger partial charge is 0.376 e. The Hall–Kier alpha value is -2.37. The van der Waals surface area contributed by atoms with Crippen molar-refractivity contribution in [1.29, 1.82) is 0 Å². The molecule has 0 saturated carbocycles. The molecule has 2 heterocycles. The summed E-state index contributed by atoms with van der Waals surface area (Å²) >= 11 is 0. The molecule has 2 saturated heterocycles. The summed E-state index contributed by atoms with van der Waals surface area (Å²) in [4.78, 5) is 17.4. The first-order valence-corrected chi connectivity index (χ1v) is 10.7. The Kier molecular flexibility index (Phi) is 6.47. The Morgan fingerprint density at radius 3 is 2.62 bits per heavy atom. The van der Waals surface area contributed by atoms with Crippen LogP contribution in [0.3, 0.4) is 0 Å². The van der Waals surface area contributed by atoms with E-state index >= 15 is 0 Å². The fraction of sp³-hybridized carbons (Fsp3) is 0.458. The van der Waals surface area contributed by atoms with Crippen molar-refractivity contribution in [2.75, 3.05) is 44.2 Å². The van der Waals surface area contributed by atoms with Gasteiger partial charge in [-0.1, -0.05) is 30.3 Å². The van der Waals surface area contributed by atoms with Gasteiger partial charge in [-0.2, -0.15) is 0 Å². The van der Waals surface area contributed by atoms with Crippen LogP contribution in [0, 0.1) is 5.92 Å². The lowest BCUT2D eigenvalue weighted by molar-refractivity contribution is -0.0212. The Balaban J connectivity index is 1.24. The minimum absolute atomic E-state index is 0.0229. The van der Waals surface area contributed by atoms with Gasteiger partial charge in [0.2, 0.25) is 0 Å². The van der Waals surface area contributed by atoms with Crippen molar-refractivity contribution in [3.8, 4) is 0 Å². The van der Waals surface area contributed by atoms with Crippen molar-refractivity contribution in [2.24, 2.45) is 5.92 Å². The maximum absolute atomic E-state index is 12.5. The van der Waals surface area contributed by atoms with Crippen molar-refractivity contribution in [3.05, 3.63) is 65.7 Å². The van der Waals surface area contributed by atoms with Gasteiger partial charge in [-0.25, -0.2) is 0 Å². The van der Waals surface area contributed by atoms with E-state index in [9.17, 15) is 4.79 Å². The van der Waals surface area contributed by atoms with Gasteiger partial charge in [0, 0.05) is 50.5 Å². The second kappa shape index (κ2) is 9.42. The second-order valence-corrected chi connectivity index (χ2v) is 8.26. The van der Waals surface area contributed by atoms with Crippen LogP contribution in [0.2, 0.25) is 0 Å². The van der Waals surface area contributed by atoms with Gasteiger partial charge in [0.25, 0.3) is 5.91 Å². The van der Waals surface area contributed by atoms with Crippen LogP contribution in [0.5, 0.6) is 0 Å². The molecule has 2 aromatic rings. The van der Waals surface area contributed by atoms with Gasteiger partial charge < -0.3 is 15.0 Å². The lowest BCUT2D eigenvalue weighted by atomic mass is 10.1. The van der Waals surface area contributed by atoms with Crippen molar-refractivity contribution in [2.45, 2.75) is 26.0 Å². The maximum Gasteiger partial charge on any atom is 0.251 e. The average molecular weight is 394 g/mol. The molecule has 5 heteroatoms. The van der Waals surface area contributed by atoms with Crippen molar-refractivity contribution in [3.63, 3.8) is 0 Å². The van der Waals surface area contributed by atoms with Crippen LogP contribution < -0.4 is 10.2 Å². The number of ether oxygens (including phenoxy) is 1. The number of para-hydroxylation sites is 1. The Bertz CT molecular complexity index is 794. The number of morpholine rings is 1. The Morgan fingerprint density at radius 2 is 1.86 bits per heavy atom. The summed E-state index contributed by atoms with van der Waals surface area (Å²) < 4.78 is 5.60. The minimum Gasteiger partial charge on any atom is -0.376 e. The number of anilines is 1. The minimum atomic E-state index is 0.0229. The molecule has 2 aliphatic rings. The number of rotatable bonds is 6. The van der Waals surface area contributed by atoms with Gasteiger partial charge in [0.15, 0.2) is 0 Å². The number of hydrogen-bond acceptors (Lipinski definition) is 4. The summed E-state index contributed by atoms with van der Waals surface area (Å²) in [5.74, 6) is 0.524. The molecule has 29 heavy (non-hydrogen) atoms. The molecule has 0 radical (unpaired) electrons. The van der Waals surface area contributed by atoms with E-state index < -0.39 is 0 Å². The highest BCUT2D eigenvalue weighted by atomic mass is 16.5. The van der Waals surface area contributed by atoms with E-state index in [2.05, 4.69) is 58.4 Å². The fourth-order valence-corrected chi connectivity index (χ4v) is 4.27. The predicted molar refractivity (Wildman–Crippen MR) is 116 cm³/mol. The van der Waals surface area contributed by atoms with Gasteiger partial charge in [-0.3, -0.25) is 9.69 Å². The highest BCUT2D eigenvalue weighted by molar-refractivity contribution is 5.94. The van der Waals surface area contributed by atoms with Crippen molar-refractivity contribution >= 4 is 11.6 Å². The van der Waals surface area contributed by atoms with Crippen LogP contribution in [0.25, 0.3) is 0 Å². The van der Waals surface area contributed by atoms with Crippen LogP contribution in [-0.4, -0.2) is 56.2 Å². The van der Waals surface area contributed by atoms with Gasteiger partial charge in [0.05, 0.1) is 12.7 Å². The van der Waals surface area contributed by atoms with E-state index in [1.165, 1.54) is 11.3 Å². The highest BCUT2D eigenvalue weighted by Crippen LogP contribution is 2.23. The molecule has 4 rings (SSSR count). The zero-order valence-corrected chi connectivity index (χ0v) is 17.2. The smallest absolute Gasteiger partial charge is 0.251 e. The molecule has 0 bridgehead atoms. The third-order valence-electron chi connectivity index (χ3n) is 5.91. The normalized spacial score (nSPS) is 22.6. The summed E-state index contributed by atoms with van der Waals surface area (Å²) in [6.07, 6.45) is 1.41. The Morgan fingerprint density at radius 1 is 1.07 bits per heavy atom. The van der Waals surface area contributed by atoms with Gasteiger partial charge >= 0.3 is 0 Å². The van der Waals surface area contributed by atoms with Crippen LogP contribution in [0.15, 0.2) is 54.6 Å². The molecule has 2 aromatic carbocycles. The molecule has 2 fully saturated rings. The lowest BCUT2D eigenvalue weighted by Crippen LogP contribution is -2.40. The summed E-state index contributed by atoms with van der Waals surface area (Å²) in [6.45, 7) is 8.54. The van der Waals surface area contributed by atoms with Crippen LogP contribution >= 0.6 is 0 Å². The standard InChI is InChI=1S/C24H31N3O2/c1-19-16-26(13-14-29-19)17-20-7-9-22(10-8-20)24(28)25-15-21-11-12-27(18-21)23-5-3-2-4-6-23/h2-10,19,21H,11-18H2,1H3,(H,25,28)/t19-,21-/m0/s1. The first-order chi connectivity index (χ1) is 14.2. The van der Waals surface area contributed by atoms with Gasteiger partial charge in [-0.05, 0) is 49.1 Å². The average Bonchev–Trinajstić information content (AvgIpc) is 3.22. The van der Waals surface area contributed by atoms with Crippen LogP contribution in [0.1, 0.15) is 29.3 Å². The number of nitrogens with one attached hydrogen (secondary N) is 1. The topological polar surface area (TPSA) is 44.8 Å². The molecule has 2 atom stereocenters. The van der Waals surface area contributed by atoms with E-state index in [1.807, 2.05) is 18.2 Å². The molecule has 2 aliphatic heterocycles. The van der Waals surface area contributed by atoms with E-state index in [4.69, 9.17) is 4.74 Å². The first kappa shape index (κ1) is 19.9. The van der Waals surface area contributed by atoms with E-state index in [0.29, 0.717) is 12.0 Å². The Labute approximate surface area is 173 Å². The lowest BCUT2D eigenvalue weighted by Gasteiger charge is -2.31. The molecule has 0 aromatic heterocycles. The van der Waals surface area contributed by atoms with E-state index in [-0.39, 0.29) is 5.91 Å². The number of hydrogen-bond donors (Lipinski definition) is 1. The molecule has 0 aliphatic carbocycles. The second-order valence-electron chi connectivity index (χ2n) is 8.26. The third kappa shape index (κ3) is 5.37. The first-order valence-electron chi connectivity index (χ1n) is 10.7.